The van der Waals surface area contributed by atoms with E-state index in [1.165, 1.54) is 0 Å². The van der Waals surface area contributed by atoms with Crippen molar-refractivity contribution in [2.24, 2.45) is 0 Å². The monoisotopic (exact) mass is 260 g/mol. The molecule has 0 bridgehead atoms. The highest BCUT2D eigenvalue weighted by Crippen LogP contribution is 2.11. The maximum atomic E-state index is 10.0. The van der Waals surface area contributed by atoms with Gasteiger partial charge in [-0.3, -0.25) is 0 Å². The van der Waals surface area contributed by atoms with E-state index in [4.69, 9.17) is 0 Å². The van der Waals surface area contributed by atoms with Crippen LogP contribution in [0.4, 0.5) is 0 Å². The summed E-state index contributed by atoms with van der Waals surface area (Å²) in [5, 5.41) is 17.4. The van der Waals surface area contributed by atoms with Crippen LogP contribution in [0.5, 0.6) is 0 Å². The highest BCUT2D eigenvalue weighted by molar-refractivity contribution is 5.17. The fraction of sp³-hybridized carbons (Fsp3) is 0.429. The average molecular weight is 260 g/mol. The van der Waals surface area contributed by atoms with Gasteiger partial charge in [-0.1, -0.05) is 30.3 Å². The van der Waals surface area contributed by atoms with Crippen molar-refractivity contribution in [1.29, 1.82) is 0 Å². The Balaban J connectivity index is 1.85. The molecular formula is C14H20N4O. The second-order valence-corrected chi connectivity index (χ2v) is 4.77. The summed E-state index contributed by atoms with van der Waals surface area (Å²) < 4.78 is 1.88. The summed E-state index contributed by atoms with van der Waals surface area (Å²) in [7, 11) is 0. The zero-order valence-electron chi connectivity index (χ0n) is 11.3. The van der Waals surface area contributed by atoms with Crippen molar-refractivity contribution in [3.05, 3.63) is 48.0 Å². The van der Waals surface area contributed by atoms with Crippen LogP contribution >= 0.6 is 0 Å². The minimum Gasteiger partial charge on any atom is -0.387 e. The Hall–Kier alpha value is -1.72. The number of rotatable bonds is 6. The standard InChI is InChI=1S/C14H20N4O/c1-11(2)18-14(16-10-17-18)9-15-8-13(19)12-6-4-3-5-7-12/h3-7,10-11,13,15,19H,8-9H2,1-2H3. The van der Waals surface area contributed by atoms with Crippen molar-refractivity contribution in [1.82, 2.24) is 20.1 Å². The smallest absolute Gasteiger partial charge is 0.141 e. The molecule has 0 fully saturated rings. The average Bonchev–Trinajstić information content (AvgIpc) is 2.88. The van der Waals surface area contributed by atoms with Crippen molar-refractivity contribution >= 4 is 0 Å². The molecule has 0 amide bonds. The zero-order valence-corrected chi connectivity index (χ0v) is 11.3. The summed E-state index contributed by atoms with van der Waals surface area (Å²) in [6.45, 7) is 5.23. The van der Waals surface area contributed by atoms with Crippen LogP contribution in [0.15, 0.2) is 36.7 Å². The summed E-state index contributed by atoms with van der Waals surface area (Å²) >= 11 is 0. The van der Waals surface area contributed by atoms with Crippen molar-refractivity contribution in [3.63, 3.8) is 0 Å². The quantitative estimate of drug-likeness (QED) is 0.829. The maximum Gasteiger partial charge on any atom is 0.141 e. The first-order valence-corrected chi connectivity index (χ1v) is 6.50. The molecule has 0 saturated carbocycles. The molecule has 102 valence electrons. The number of nitrogens with zero attached hydrogens (tertiary/aromatic N) is 3. The molecule has 0 aliphatic rings. The predicted octanol–water partition coefficient (Wildman–Crippen LogP) is 1.68. The van der Waals surface area contributed by atoms with Crippen LogP contribution in [0.2, 0.25) is 0 Å². The number of hydrogen-bond donors (Lipinski definition) is 2. The molecule has 2 N–H and O–H groups in total. The van der Waals surface area contributed by atoms with Crippen LogP contribution in [0.3, 0.4) is 0 Å². The van der Waals surface area contributed by atoms with Crippen LogP contribution < -0.4 is 5.32 Å². The molecule has 2 rings (SSSR count). The molecule has 0 spiro atoms. The minimum atomic E-state index is -0.503. The van der Waals surface area contributed by atoms with Crippen LogP contribution in [0, 0.1) is 0 Å². The van der Waals surface area contributed by atoms with Crippen LogP contribution in [0.1, 0.15) is 37.4 Å². The topological polar surface area (TPSA) is 63.0 Å². The summed E-state index contributed by atoms with van der Waals surface area (Å²) in [5.74, 6) is 0.885. The second-order valence-electron chi connectivity index (χ2n) is 4.77. The van der Waals surface area contributed by atoms with Gasteiger partial charge < -0.3 is 10.4 Å². The molecule has 2 aromatic rings. The molecule has 0 aliphatic heterocycles. The summed E-state index contributed by atoms with van der Waals surface area (Å²) in [4.78, 5) is 4.21. The Bertz CT molecular complexity index is 495. The van der Waals surface area contributed by atoms with E-state index in [1.807, 2.05) is 35.0 Å². The maximum absolute atomic E-state index is 10.0. The second kappa shape index (κ2) is 6.45. The highest BCUT2D eigenvalue weighted by atomic mass is 16.3. The highest BCUT2D eigenvalue weighted by Gasteiger charge is 2.09. The first-order valence-electron chi connectivity index (χ1n) is 6.50. The summed E-state index contributed by atoms with van der Waals surface area (Å²) in [6.07, 6.45) is 1.06. The lowest BCUT2D eigenvalue weighted by Crippen LogP contribution is -2.23. The van der Waals surface area contributed by atoms with E-state index in [1.54, 1.807) is 6.33 Å². The van der Waals surface area contributed by atoms with E-state index >= 15 is 0 Å². The van der Waals surface area contributed by atoms with Gasteiger partial charge in [-0.25, -0.2) is 9.67 Å². The Labute approximate surface area is 113 Å². The normalized spacial score (nSPS) is 12.8. The molecular weight excluding hydrogens is 240 g/mol. The van der Waals surface area contributed by atoms with Crippen LogP contribution in [0.25, 0.3) is 0 Å². The Morgan fingerprint density at radius 3 is 2.68 bits per heavy atom. The third-order valence-corrected chi connectivity index (χ3v) is 2.94. The minimum absolute atomic E-state index is 0.290. The van der Waals surface area contributed by atoms with Crippen molar-refractivity contribution in [3.8, 4) is 0 Å². The molecule has 1 aromatic carbocycles. The number of nitrogens with one attached hydrogen (secondary N) is 1. The fourth-order valence-electron chi connectivity index (χ4n) is 1.95. The predicted molar refractivity (Wildman–Crippen MR) is 73.5 cm³/mol. The SMILES string of the molecule is CC(C)n1ncnc1CNCC(O)c1ccccc1. The van der Waals surface area contributed by atoms with Gasteiger partial charge >= 0.3 is 0 Å². The molecule has 1 aromatic heterocycles. The molecule has 0 aliphatic carbocycles. The van der Waals surface area contributed by atoms with E-state index in [9.17, 15) is 5.11 Å². The molecule has 0 saturated heterocycles. The Morgan fingerprint density at radius 2 is 2.00 bits per heavy atom. The molecule has 5 heteroatoms. The number of hydrogen-bond acceptors (Lipinski definition) is 4. The summed E-state index contributed by atoms with van der Waals surface area (Å²) in [5.41, 5.74) is 0.917. The van der Waals surface area contributed by atoms with Gasteiger partial charge in [0, 0.05) is 12.6 Å². The van der Waals surface area contributed by atoms with E-state index in [2.05, 4.69) is 29.2 Å². The van der Waals surface area contributed by atoms with Gasteiger partial charge in [-0.2, -0.15) is 5.10 Å². The van der Waals surface area contributed by atoms with Crippen molar-refractivity contribution < 1.29 is 5.11 Å². The molecule has 0 radical (unpaired) electrons. The van der Waals surface area contributed by atoms with Gasteiger partial charge in [0.2, 0.25) is 0 Å². The number of benzene rings is 1. The van der Waals surface area contributed by atoms with Gasteiger partial charge in [-0.15, -0.1) is 0 Å². The molecule has 1 unspecified atom stereocenters. The number of aliphatic hydroxyl groups excluding tert-OH is 1. The summed E-state index contributed by atoms with van der Waals surface area (Å²) in [6, 6.07) is 9.92. The third kappa shape index (κ3) is 3.62. The lowest BCUT2D eigenvalue weighted by Gasteiger charge is -2.13. The lowest BCUT2D eigenvalue weighted by atomic mass is 10.1. The fourth-order valence-corrected chi connectivity index (χ4v) is 1.95. The van der Waals surface area contributed by atoms with Gasteiger partial charge in [0.05, 0.1) is 12.6 Å². The molecule has 1 heterocycles. The Morgan fingerprint density at radius 1 is 1.26 bits per heavy atom. The van der Waals surface area contributed by atoms with E-state index < -0.39 is 6.10 Å². The van der Waals surface area contributed by atoms with E-state index in [0.717, 1.165) is 11.4 Å². The number of aliphatic hydroxyl groups is 1. The van der Waals surface area contributed by atoms with E-state index in [0.29, 0.717) is 19.1 Å². The molecule has 5 nitrogen and oxygen atoms in total. The van der Waals surface area contributed by atoms with Crippen LogP contribution in [-0.4, -0.2) is 26.4 Å². The number of aromatic nitrogens is 3. The molecule has 1 atom stereocenters. The van der Waals surface area contributed by atoms with Crippen molar-refractivity contribution in [2.75, 3.05) is 6.54 Å². The first-order chi connectivity index (χ1) is 9.18. The first kappa shape index (κ1) is 13.7. The lowest BCUT2D eigenvalue weighted by molar-refractivity contribution is 0.174. The van der Waals surface area contributed by atoms with Gasteiger partial charge in [0.15, 0.2) is 0 Å². The Kier molecular flexibility index (Phi) is 4.65. The van der Waals surface area contributed by atoms with Gasteiger partial charge in [-0.05, 0) is 19.4 Å². The third-order valence-electron chi connectivity index (χ3n) is 2.94. The molecule has 19 heavy (non-hydrogen) atoms. The van der Waals surface area contributed by atoms with Crippen LogP contribution in [-0.2, 0) is 6.54 Å². The van der Waals surface area contributed by atoms with Gasteiger partial charge in [0.1, 0.15) is 12.2 Å². The zero-order chi connectivity index (χ0) is 13.7. The van der Waals surface area contributed by atoms with E-state index in [-0.39, 0.29) is 0 Å². The van der Waals surface area contributed by atoms with Crippen molar-refractivity contribution in [2.45, 2.75) is 32.5 Å². The largest absolute Gasteiger partial charge is 0.387 e. The van der Waals surface area contributed by atoms with Gasteiger partial charge in [0.25, 0.3) is 0 Å².